The molecule has 10 heavy (non-hydrogen) atoms. The maximum Gasteiger partial charge on any atom is 0.284 e. The van der Waals surface area contributed by atoms with Gasteiger partial charge >= 0.3 is 0 Å². The van der Waals surface area contributed by atoms with Gasteiger partial charge in [0.05, 0.1) is 6.61 Å². The van der Waals surface area contributed by atoms with Gasteiger partial charge in [-0.1, -0.05) is 13.3 Å². The number of nitrogens with zero attached hydrogens (tertiary/aromatic N) is 1. The predicted molar refractivity (Wildman–Crippen MR) is 43.3 cm³/mol. The van der Waals surface area contributed by atoms with Gasteiger partial charge in [-0.3, -0.25) is 0 Å². The molecule has 1 N–H and O–H groups in total. The van der Waals surface area contributed by atoms with Gasteiger partial charge in [-0.15, -0.1) is 0 Å². The van der Waals surface area contributed by atoms with Crippen LogP contribution < -0.4 is 5.32 Å². The minimum atomic E-state index is 0.619. The molecule has 0 spiro atoms. The standard InChI is InChI=1S/C7H16N2O/c1-4-5-6-10-7(8-2)9-3/h4-6H2,1-3H3,(H,8,9). The monoisotopic (exact) mass is 144 g/mol. The van der Waals surface area contributed by atoms with Crippen LogP contribution >= 0.6 is 0 Å². The van der Waals surface area contributed by atoms with Crippen LogP contribution in [-0.2, 0) is 4.74 Å². The fourth-order valence-electron chi connectivity index (χ4n) is 0.562. The number of ether oxygens (including phenoxy) is 1. The first-order valence-electron chi connectivity index (χ1n) is 3.62. The molecular formula is C7H16N2O. The van der Waals surface area contributed by atoms with Crippen molar-refractivity contribution in [1.82, 2.24) is 5.32 Å². The molecule has 3 heteroatoms. The van der Waals surface area contributed by atoms with Crippen molar-refractivity contribution in [2.24, 2.45) is 4.99 Å². The van der Waals surface area contributed by atoms with Gasteiger partial charge in [0, 0.05) is 14.1 Å². The first-order valence-corrected chi connectivity index (χ1v) is 3.62. The van der Waals surface area contributed by atoms with Crippen LogP contribution in [0.1, 0.15) is 19.8 Å². The summed E-state index contributed by atoms with van der Waals surface area (Å²) in [6, 6.07) is 0.619. The van der Waals surface area contributed by atoms with Crippen LogP contribution in [0.2, 0.25) is 0 Å². The van der Waals surface area contributed by atoms with Crippen LogP contribution in [0.5, 0.6) is 0 Å². The van der Waals surface area contributed by atoms with Crippen molar-refractivity contribution < 1.29 is 4.74 Å². The van der Waals surface area contributed by atoms with Gasteiger partial charge in [0.15, 0.2) is 0 Å². The first-order chi connectivity index (χ1) is 4.85. The SMILES string of the molecule is CCCCOC(=NC)NC. The summed E-state index contributed by atoms with van der Waals surface area (Å²) >= 11 is 0. The number of rotatable bonds is 3. The first kappa shape index (κ1) is 9.27. The Labute approximate surface area is 62.5 Å². The second-order valence-corrected chi connectivity index (χ2v) is 1.98. The van der Waals surface area contributed by atoms with Crippen LogP contribution in [0.4, 0.5) is 0 Å². The van der Waals surface area contributed by atoms with Crippen LogP contribution in [0.15, 0.2) is 4.99 Å². The number of nitrogens with one attached hydrogen (secondary N) is 1. The highest BCUT2D eigenvalue weighted by Crippen LogP contribution is 1.87. The second kappa shape index (κ2) is 6.39. The number of amidine groups is 1. The summed E-state index contributed by atoms with van der Waals surface area (Å²) in [5.74, 6) is 0. The van der Waals surface area contributed by atoms with E-state index in [1.54, 1.807) is 14.1 Å². The minimum Gasteiger partial charge on any atom is -0.465 e. The molecule has 0 atom stereocenters. The van der Waals surface area contributed by atoms with Crippen molar-refractivity contribution in [3.8, 4) is 0 Å². The van der Waals surface area contributed by atoms with Crippen molar-refractivity contribution in [2.45, 2.75) is 19.8 Å². The molecule has 0 aliphatic rings. The molecule has 0 rings (SSSR count). The molecule has 0 saturated heterocycles. The summed E-state index contributed by atoms with van der Waals surface area (Å²) < 4.78 is 5.22. The van der Waals surface area contributed by atoms with Gasteiger partial charge in [0.2, 0.25) is 0 Å². The maximum atomic E-state index is 5.22. The van der Waals surface area contributed by atoms with Crippen LogP contribution in [0, 0.1) is 0 Å². The van der Waals surface area contributed by atoms with E-state index in [0.717, 1.165) is 19.4 Å². The van der Waals surface area contributed by atoms with Crippen LogP contribution in [0.3, 0.4) is 0 Å². The van der Waals surface area contributed by atoms with E-state index in [1.807, 2.05) is 0 Å². The Kier molecular flexibility index (Phi) is 5.92. The lowest BCUT2D eigenvalue weighted by Gasteiger charge is -2.05. The lowest BCUT2D eigenvalue weighted by molar-refractivity contribution is 0.284. The molecule has 0 amide bonds. The quantitative estimate of drug-likeness (QED) is 0.364. The molecule has 60 valence electrons. The average Bonchev–Trinajstić information content (AvgIpc) is 1.99. The normalized spacial score (nSPS) is 11.3. The molecule has 0 heterocycles. The highest BCUT2D eigenvalue weighted by atomic mass is 16.5. The van der Waals surface area contributed by atoms with Gasteiger partial charge in [0.1, 0.15) is 0 Å². The maximum absolute atomic E-state index is 5.22. The van der Waals surface area contributed by atoms with E-state index in [9.17, 15) is 0 Å². The summed E-state index contributed by atoms with van der Waals surface area (Å²) in [6.07, 6.45) is 2.24. The predicted octanol–water partition coefficient (Wildman–Crippen LogP) is 1.01. The Morgan fingerprint density at radius 3 is 2.70 bits per heavy atom. The summed E-state index contributed by atoms with van der Waals surface area (Å²) in [4.78, 5) is 3.86. The number of unbranched alkanes of at least 4 members (excludes halogenated alkanes) is 1. The van der Waals surface area contributed by atoms with E-state index < -0.39 is 0 Å². The van der Waals surface area contributed by atoms with E-state index in [0.29, 0.717) is 6.02 Å². The summed E-state index contributed by atoms with van der Waals surface area (Å²) in [5, 5.41) is 2.84. The Morgan fingerprint density at radius 1 is 1.60 bits per heavy atom. The van der Waals surface area contributed by atoms with Gasteiger partial charge < -0.3 is 10.1 Å². The Morgan fingerprint density at radius 2 is 2.30 bits per heavy atom. The third kappa shape index (κ3) is 4.18. The minimum absolute atomic E-state index is 0.619. The fourth-order valence-corrected chi connectivity index (χ4v) is 0.562. The highest BCUT2D eigenvalue weighted by Gasteiger charge is 1.91. The molecule has 0 aromatic heterocycles. The Hall–Kier alpha value is -0.730. The largest absolute Gasteiger partial charge is 0.465 e. The molecule has 0 bridgehead atoms. The van der Waals surface area contributed by atoms with Gasteiger partial charge in [0.25, 0.3) is 6.02 Å². The number of hydrogen-bond acceptors (Lipinski definition) is 2. The molecule has 0 saturated carbocycles. The molecule has 0 aromatic carbocycles. The lowest BCUT2D eigenvalue weighted by atomic mass is 10.4. The molecular weight excluding hydrogens is 128 g/mol. The average molecular weight is 144 g/mol. The highest BCUT2D eigenvalue weighted by molar-refractivity contribution is 5.72. The van der Waals surface area contributed by atoms with E-state index in [2.05, 4.69) is 17.2 Å². The Bertz CT molecular complexity index is 102. The summed E-state index contributed by atoms with van der Waals surface area (Å²) in [5.41, 5.74) is 0. The molecule has 0 aromatic rings. The summed E-state index contributed by atoms with van der Waals surface area (Å²) in [6.45, 7) is 2.88. The zero-order chi connectivity index (χ0) is 7.82. The number of hydrogen-bond donors (Lipinski definition) is 1. The smallest absolute Gasteiger partial charge is 0.284 e. The van der Waals surface area contributed by atoms with Crippen molar-refractivity contribution in [3.63, 3.8) is 0 Å². The second-order valence-electron chi connectivity index (χ2n) is 1.98. The van der Waals surface area contributed by atoms with Crippen molar-refractivity contribution >= 4 is 6.02 Å². The zero-order valence-corrected chi connectivity index (χ0v) is 6.98. The van der Waals surface area contributed by atoms with Crippen molar-refractivity contribution in [2.75, 3.05) is 20.7 Å². The van der Waals surface area contributed by atoms with Crippen molar-refractivity contribution in [1.29, 1.82) is 0 Å². The fraction of sp³-hybridized carbons (Fsp3) is 0.857. The van der Waals surface area contributed by atoms with E-state index in [-0.39, 0.29) is 0 Å². The summed E-state index contributed by atoms with van der Waals surface area (Å²) in [7, 11) is 3.51. The van der Waals surface area contributed by atoms with E-state index in [1.165, 1.54) is 0 Å². The van der Waals surface area contributed by atoms with E-state index in [4.69, 9.17) is 4.74 Å². The number of aliphatic imine (C=N–C) groups is 1. The third-order valence-corrected chi connectivity index (χ3v) is 1.15. The zero-order valence-electron chi connectivity index (χ0n) is 6.98. The third-order valence-electron chi connectivity index (χ3n) is 1.15. The topological polar surface area (TPSA) is 33.6 Å². The molecule has 3 nitrogen and oxygen atoms in total. The van der Waals surface area contributed by atoms with Crippen molar-refractivity contribution in [3.05, 3.63) is 0 Å². The Balaban J connectivity index is 3.27. The molecule has 0 unspecified atom stereocenters. The lowest BCUT2D eigenvalue weighted by Crippen LogP contribution is -2.21. The van der Waals surface area contributed by atoms with Gasteiger partial charge in [-0.2, -0.15) is 0 Å². The van der Waals surface area contributed by atoms with Gasteiger partial charge in [-0.25, -0.2) is 4.99 Å². The molecule has 0 radical (unpaired) electrons. The van der Waals surface area contributed by atoms with Crippen LogP contribution in [-0.4, -0.2) is 26.7 Å². The van der Waals surface area contributed by atoms with E-state index >= 15 is 0 Å². The van der Waals surface area contributed by atoms with Crippen LogP contribution in [0.25, 0.3) is 0 Å². The molecule has 0 aliphatic carbocycles. The van der Waals surface area contributed by atoms with Gasteiger partial charge in [-0.05, 0) is 6.42 Å². The molecule has 0 fully saturated rings. The molecule has 0 aliphatic heterocycles.